The topological polar surface area (TPSA) is 20.3 Å². The van der Waals surface area contributed by atoms with E-state index >= 15 is 0 Å². The summed E-state index contributed by atoms with van der Waals surface area (Å²) in [5.41, 5.74) is 0.357. The molecular formula is C10H16NOP. The van der Waals surface area contributed by atoms with Crippen molar-refractivity contribution >= 4 is 13.6 Å². The summed E-state index contributed by atoms with van der Waals surface area (Å²) >= 11 is 0. The predicted molar refractivity (Wildman–Crippen MR) is 55.7 cm³/mol. The standard InChI is InChI=1S/C10H16NOP/c1-8-4-3-5-9(2)11(8)13-7-6-10(13)12/h6-9H,3-5H2,1-2H3. The second-order valence-corrected chi connectivity index (χ2v) is 5.90. The molecule has 2 rings (SSSR count). The monoisotopic (exact) mass is 197 g/mol. The van der Waals surface area contributed by atoms with Crippen molar-refractivity contribution in [3.05, 3.63) is 11.9 Å². The van der Waals surface area contributed by atoms with Crippen molar-refractivity contribution in [2.75, 3.05) is 0 Å². The molecule has 0 bridgehead atoms. The van der Waals surface area contributed by atoms with Gasteiger partial charge in [-0.3, -0.25) is 9.46 Å². The molecule has 0 spiro atoms. The Morgan fingerprint density at radius 2 is 2.00 bits per heavy atom. The highest BCUT2D eigenvalue weighted by molar-refractivity contribution is 7.78. The maximum atomic E-state index is 11.3. The molecule has 0 aromatic rings. The average Bonchev–Trinajstić information content (AvgIpc) is 2.09. The predicted octanol–water partition coefficient (Wildman–Crippen LogP) is 2.70. The minimum absolute atomic E-state index is 0.357. The quantitative estimate of drug-likeness (QED) is 0.602. The van der Waals surface area contributed by atoms with E-state index < -0.39 is 8.07 Å². The normalized spacial score (nSPS) is 40.5. The summed E-state index contributed by atoms with van der Waals surface area (Å²) in [6.45, 7) is 4.49. The first kappa shape index (κ1) is 9.36. The summed E-state index contributed by atoms with van der Waals surface area (Å²) in [5.74, 6) is 2.09. The van der Waals surface area contributed by atoms with Crippen LogP contribution in [0.5, 0.6) is 0 Å². The largest absolute Gasteiger partial charge is 0.288 e. The van der Waals surface area contributed by atoms with E-state index in [1.165, 1.54) is 19.3 Å². The number of hydrogen-bond donors (Lipinski definition) is 0. The zero-order chi connectivity index (χ0) is 9.42. The van der Waals surface area contributed by atoms with Crippen molar-refractivity contribution in [3.63, 3.8) is 0 Å². The Morgan fingerprint density at radius 1 is 1.38 bits per heavy atom. The zero-order valence-corrected chi connectivity index (χ0v) is 9.13. The van der Waals surface area contributed by atoms with E-state index in [9.17, 15) is 4.79 Å². The molecule has 72 valence electrons. The van der Waals surface area contributed by atoms with Crippen LogP contribution < -0.4 is 0 Å². The molecule has 0 aromatic heterocycles. The first-order chi connectivity index (χ1) is 6.20. The van der Waals surface area contributed by atoms with Gasteiger partial charge in [-0.25, -0.2) is 0 Å². The molecule has 0 radical (unpaired) electrons. The molecule has 0 aromatic carbocycles. The van der Waals surface area contributed by atoms with Gasteiger partial charge in [0.1, 0.15) is 0 Å². The maximum absolute atomic E-state index is 11.3. The van der Waals surface area contributed by atoms with Crippen LogP contribution >= 0.6 is 8.07 Å². The fourth-order valence-electron chi connectivity index (χ4n) is 2.23. The van der Waals surface area contributed by atoms with Crippen molar-refractivity contribution in [1.29, 1.82) is 0 Å². The van der Waals surface area contributed by atoms with E-state index in [1.54, 1.807) is 6.08 Å². The molecule has 0 aliphatic carbocycles. The van der Waals surface area contributed by atoms with Crippen molar-refractivity contribution in [1.82, 2.24) is 4.67 Å². The molecule has 13 heavy (non-hydrogen) atoms. The highest BCUT2D eigenvalue weighted by Crippen LogP contribution is 2.54. The van der Waals surface area contributed by atoms with Crippen LogP contribution in [0.1, 0.15) is 33.1 Å². The molecule has 0 N–H and O–H groups in total. The van der Waals surface area contributed by atoms with Crippen LogP contribution in [0.15, 0.2) is 11.9 Å². The second-order valence-electron chi connectivity index (χ2n) is 4.01. The van der Waals surface area contributed by atoms with E-state index in [1.807, 2.05) is 0 Å². The van der Waals surface area contributed by atoms with Gasteiger partial charge >= 0.3 is 0 Å². The number of rotatable bonds is 1. The molecule has 3 unspecified atom stereocenters. The van der Waals surface area contributed by atoms with Gasteiger partial charge in [-0.2, -0.15) is 0 Å². The molecular weight excluding hydrogens is 181 g/mol. The van der Waals surface area contributed by atoms with Crippen LogP contribution in [0.4, 0.5) is 0 Å². The number of allylic oxidation sites excluding steroid dienone is 1. The summed E-state index contributed by atoms with van der Waals surface area (Å²) < 4.78 is 2.43. The van der Waals surface area contributed by atoms with Crippen LogP contribution in [0.25, 0.3) is 0 Å². The van der Waals surface area contributed by atoms with Crippen LogP contribution in [0, 0.1) is 0 Å². The van der Waals surface area contributed by atoms with E-state index in [4.69, 9.17) is 0 Å². The van der Waals surface area contributed by atoms with E-state index in [0.29, 0.717) is 17.6 Å². The Hall–Kier alpha value is -0.200. The summed E-state index contributed by atoms with van der Waals surface area (Å²) in [6.07, 6.45) is 5.55. The fourth-order valence-corrected chi connectivity index (χ4v) is 4.09. The van der Waals surface area contributed by atoms with Gasteiger partial charge in [0.05, 0.1) is 8.07 Å². The molecule has 1 saturated heterocycles. The summed E-state index contributed by atoms with van der Waals surface area (Å²) in [6, 6.07) is 1.20. The van der Waals surface area contributed by atoms with Crippen molar-refractivity contribution in [3.8, 4) is 0 Å². The minimum atomic E-state index is -0.542. The molecule has 2 nitrogen and oxygen atoms in total. The molecule has 2 aliphatic rings. The van der Waals surface area contributed by atoms with Gasteiger partial charge in [-0.1, -0.05) is 6.42 Å². The van der Waals surface area contributed by atoms with Gasteiger partial charge in [0.2, 0.25) is 0 Å². The van der Waals surface area contributed by atoms with Gasteiger partial charge in [-0.05, 0) is 38.6 Å². The third-order valence-electron chi connectivity index (χ3n) is 2.98. The number of nitrogens with zero attached hydrogens (tertiary/aromatic N) is 1. The molecule has 0 amide bonds. The summed E-state index contributed by atoms with van der Waals surface area (Å²) in [4.78, 5) is 11.3. The zero-order valence-electron chi connectivity index (χ0n) is 8.23. The molecule has 2 aliphatic heterocycles. The van der Waals surface area contributed by atoms with E-state index in [-0.39, 0.29) is 0 Å². The third kappa shape index (κ3) is 1.58. The van der Waals surface area contributed by atoms with Gasteiger partial charge in [0.25, 0.3) is 0 Å². The van der Waals surface area contributed by atoms with E-state index in [2.05, 4.69) is 24.3 Å². The Bertz CT molecular complexity index is 241. The van der Waals surface area contributed by atoms with Gasteiger partial charge in [-0.15, -0.1) is 0 Å². The van der Waals surface area contributed by atoms with Crippen LogP contribution in [-0.4, -0.2) is 22.3 Å². The third-order valence-corrected chi connectivity index (χ3v) is 5.30. The molecule has 3 heteroatoms. The summed E-state index contributed by atoms with van der Waals surface area (Å²) in [5, 5.41) is 0. The van der Waals surface area contributed by atoms with Crippen LogP contribution in [0.2, 0.25) is 0 Å². The fraction of sp³-hybridized carbons (Fsp3) is 0.700. The Balaban J connectivity index is 2.10. The number of piperidine rings is 1. The van der Waals surface area contributed by atoms with Crippen molar-refractivity contribution in [2.24, 2.45) is 0 Å². The molecule has 0 saturated carbocycles. The van der Waals surface area contributed by atoms with Gasteiger partial charge < -0.3 is 0 Å². The Morgan fingerprint density at radius 3 is 2.38 bits per heavy atom. The summed E-state index contributed by atoms with van der Waals surface area (Å²) in [7, 11) is -0.542. The lowest BCUT2D eigenvalue weighted by Crippen LogP contribution is -2.41. The van der Waals surface area contributed by atoms with Gasteiger partial charge in [0, 0.05) is 12.1 Å². The van der Waals surface area contributed by atoms with Crippen molar-refractivity contribution < 1.29 is 4.79 Å². The molecule has 1 fully saturated rings. The van der Waals surface area contributed by atoms with E-state index in [0.717, 1.165) is 0 Å². The molecule has 2 heterocycles. The van der Waals surface area contributed by atoms with Crippen LogP contribution in [-0.2, 0) is 4.79 Å². The lowest BCUT2D eigenvalue weighted by Gasteiger charge is -2.43. The maximum Gasteiger partial charge on any atom is 0.196 e. The highest BCUT2D eigenvalue weighted by Gasteiger charge is 2.36. The van der Waals surface area contributed by atoms with Gasteiger partial charge in [0.15, 0.2) is 5.52 Å². The first-order valence-corrected chi connectivity index (χ1v) is 6.36. The minimum Gasteiger partial charge on any atom is -0.288 e. The first-order valence-electron chi connectivity index (χ1n) is 5.00. The Labute approximate surface area is 80.8 Å². The molecule has 3 atom stereocenters. The highest BCUT2D eigenvalue weighted by atomic mass is 31.1. The average molecular weight is 197 g/mol. The second kappa shape index (κ2) is 3.51. The lowest BCUT2D eigenvalue weighted by molar-refractivity contribution is -0.108. The number of carbonyl (C=O) groups is 1. The lowest BCUT2D eigenvalue weighted by atomic mass is 10.0. The number of hydrogen-bond acceptors (Lipinski definition) is 2. The SMILES string of the molecule is CC1CCCC(C)N1P1C=CC1=O. The van der Waals surface area contributed by atoms with Crippen molar-refractivity contribution in [2.45, 2.75) is 45.2 Å². The Kier molecular flexibility index (Phi) is 2.53. The van der Waals surface area contributed by atoms with Crippen LogP contribution in [0.3, 0.4) is 0 Å². The number of carbonyl (C=O) groups excluding carboxylic acids is 1. The smallest absolute Gasteiger partial charge is 0.196 e.